The van der Waals surface area contributed by atoms with Crippen LogP contribution in [0.4, 0.5) is 0 Å². The van der Waals surface area contributed by atoms with Crippen LogP contribution in [0.3, 0.4) is 0 Å². The lowest BCUT2D eigenvalue weighted by Gasteiger charge is -2.12. The molecule has 0 amide bonds. The van der Waals surface area contributed by atoms with Crippen molar-refractivity contribution < 1.29 is 10.2 Å². The van der Waals surface area contributed by atoms with E-state index in [2.05, 4.69) is 22.1 Å². The van der Waals surface area contributed by atoms with Gasteiger partial charge in [-0.25, -0.2) is 15.0 Å². The smallest absolute Gasteiger partial charge is 0.168 e. The molecule has 0 bridgehead atoms. The van der Waals surface area contributed by atoms with Crippen LogP contribution in [0, 0.1) is 27.7 Å². The molecule has 5 nitrogen and oxygen atoms in total. The van der Waals surface area contributed by atoms with E-state index in [9.17, 15) is 10.2 Å². The van der Waals surface area contributed by atoms with Gasteiger partial charge in [0.2, 0.25) is 0 Å². The first kappa shape index (κ1) is 19.6. The van der Waals surface area contributed by atoms with Crippen LogP contribution in [0.5, 0.6) is 11.5 Å². The van der Waals surface area contributed by atoms with Crippen molar-refractivity contribution >= 4 is 0 Å². The average Bonchev–Trinajstić information content (AvgIpc) is 2.69. The molecule has 1 heterocycles. The van der Waals surface area contributed by atoms with Gasteiger partial charge >= 0.3 is 0 Å². The summed E-state index contributed by atoms with van der Waals surface area (Å²) in [6, 6.07) is 17.0. The maximum absolute atomic E-state index is 10.4. The Balaban J connectivity index is 2.00. The molecule has 0 saturated carbocycles. The van der Waals surface area contributed by atoms with E-state index >= 15 is 0 Å². The molecule has 4 aromatic rings. The molecule has 5 heteroatoms. The molecule has 1 aromatic heterocycles. The number of phenolic OH excluding ortho intramolecular Hbond substituents is 2. The first-order chi connectivity index (χ1) is 14.3. The highest BCUT2D eigenvalue weighted by Gasteiger charge is 2.17. The van der Waals surface area contributed by atoms with E-state index in [1.165, 1.54) is 6.07 Å². The van der Waals surface area contributed by atoms with Gasteiger partial charge in [0.05, 0.1) is 5.56 Å². The third kappa shape index (κ3) is 3.62. The van der Waals surface area contributed by atoms with E-state index in [1.54, 1.807) is 12.1 Å². The molecule has 0 aliphatic carbocycles. The van der Waals surface area contributed by atoms with E-state index in [0.717, 1.165) is 33.4 Å². The normalized spacial score (nSPS) is 10.9. The molecular weight excluding hydrogens is 374 g/mol. The molecule has 2 N–H and O–H groups in total. The van der Waals surface area contributed by atoms with E-state index in [1.807, 2.05) is 52.0 Å². The number of aromatic hydroxyl groups is 2. The lowest BCUT2D eigenvalue weighted by Crippen LogP contribution is -2.02. The molecular formula is C25H23N3O2. The van der Waals surface area contributed by atoms with Gasteiger partial charge in [0, 0.05) is 11.1 Å². The van der Waals surface area contributed by atoms with Crippen molar-refractivity contribution in [2.45, 2.75) is 27.7 Å². The highest BCUT2D eigenvalue weighted by atomic mass is 16.3. The average molecular weight is 397 g/mol. The van der Waals surface area contributed by atoms with Crippen LogP contribution < -0.4 is 0 Å². The van der Waals surface area contributed by atoms with Crippen LogP contribution in [-0.2, 0) is 0 Å². The quantitative estimate of drug-likeness (QED) is 0.445. The molecule has 0 unspecified atom stereocenters. The third-order valence-electron chi connectivity index (χ3n) is 5.14. The Kier molecular flexibility index (Phi) is 4.96. The Morgan fingerprint density at radius 2 is 1.03 bits per heavy atom. The van der Waals surface area contributed by atoms with E-state index in [0.29, 0.717) is 23.0 Å². The fraction of sp³-hybridized carbons (Fsp3) is 0.160. The van der Waals surface area contributed by atoms with Gasteiger partial charge < -0.3 is 10.2 Å². The van der Waals surface area contributed by atoms with Crippen LogP contribution in [0.2, 0.25) is 0 Å². The summed E-state index contributed by atoms with van der Waals surface area (Å²) in [5.74, 6) is 0.893. The van der Waals surface area contributed by atoms with Crippen LogP contribution in [0.1, 0.15) is 22.3 Å². The van der Waals surface area contributed by atoms with Crippen LogP contribution >= 0.6 is 0 Å². The van der Waals surface area contributed by atoms with Gasteiger partial charge in [-0.2, -0.15) is 0 Å². The van der Waals surface area contributed by atoms with Crippen molar-refractivity contribution in [3.05, 3.63) is 76.9 Å². The predicted molar refractivity (Wildman–Crippen MR) is 118 cm³/mol. The Hall–Kier alpha value is -3.73. The summed E-state index contributed by atoms with van der Waals surface area (Å²) in [6.07, 6.45) is 0. The Bertz CT molecular complexity index is 1200. The summed E-state index contributed by atoms with van der Waals surface area (Å²) >= 11 is 0. The van der Waals surface area contributed by atoms with E-state index in [4.69, 9.17) is 4.98 Å². The fourth-order valence-electron chi connectivity index (χ4n) is 3.58. The topological polar surface area (TPSA) is 79.1 Å². The monoisotopic (exact) mass is 397 g/mol. The SMILES string of the molecule is Cc1ccc(-c2nc(-c3ccc(C)cc3C)nc(-c3cccc(O)c3O)n2)c(C)c1. The Morgan fingerprint density at radius 1 is 0.567 bits per heavy atom. The summed E-state index contributed by atoms with van der Waals surface area (Å²) in [5, 5.41) is 20.4. The maximum atomic E-state index is 10.4. The number of phenols is 2. The van der Waals surface area contributed by atoms with Gasteiger partial charge in [0.1, 0.15) is 0 Å². The third-order valence-corrected chi connectivity index (χ3v) is 5.14. The number of nitrogens with zero attached hydrogens (tertiary/aromatic N) is 3. The molecule has 30 heavy (non-hydrogen) atoms. The zero-order valence-electron chi connectivity index (χ0n) is 17.4. The number of benzene rings is 3. The molecule has 0 fully saturated rings. The number of aromatic nitrogens is 3. The molecule has 0 aliphatic heterocycles. The summed E-state index contributed by atoms with van der Waals surface area (Å²) in [4.78, 5) is 14.1. The van der Waals surface area contributed by atoms with Gasteiger partial charge in [-0.05, 0) is 51.0 Å². The van der Waals surface area contributed by atoms with E-state index in [-0.39, 0.29) is 11.5 Å². The molecule has 0 atom stereocenters. The van der Waals surface area contributed by atoms with Gasteiger partial charge in [-0.1, -0.05) is 53.6 Å². The second-order valence-corrected chi connectivity index (χ2v) is 7.62. The minimum Gasteiger partial charge on any atom is -0.504 e. The van der Waals surface area contributed by atoms with Crippen LogP contribution in [0.15, 0.2) is 54.6 Å². The van der Waals surface area contributed by atoms with E-state index < -0.39 is 0 Å². The van der Waals surface area contributed by atoms with Gasteiger partial charge in [-0.3, -0.25) is 0 Å². The van der Waals surface area contributed by atoms with Crippen molar-refractivity contribution in [1.29, 1.82) is 0 Å². The summed E-state index contributed by atoms with van der Waals surface area (Å²) in [7, 11) is 0. The zero-order chi connectivity index (χ0) is 21.4. The van der Waals surface area contributed by atoms with Crippen molar-refractivity contribution in [1.82, 2.24) is 15.0 Å². The maximum Gasteiger partial charge on any atom is 0.168 e. The van der Waals surface area contributed by atoms with Gasteiger partial charge in [-0.15, -0.1) is 0 Å². The lowest BCUT2D eigenvalue weighted by molar-refractivity contribution is 0.405. The molecule has 0 spiro atoms. The Morgan fingerprint density at radius 3 is 1.50 bits per heavy atom. The molecule has 150 valence electrons. The van der Waals surface area contributed by atoms with Crippen molar-refractivity contribution in [2.24, 2.45) is 0 Å². The van der Waals surface area contributed by atoms with Crippen molar-refractivity contribution in [3.8, 4) is 45.7 Å². The van der Waals surface area contributed by atoms with Crippen LogP contribution in [-0.4, -0.2) is 25.2 Å². The first-order valence-electron chi connectivity index (χ1n) is 9.76. The zero-order valence-corrected chi connectivity index (χ0v) is 17.4. The molecule has 0 radical (unpaired) electrons. The second-order valence-electron chi connectivity index (χ2n) is 7.62. The molecule has 4 rings (SSSR count). The van der Waals surface area contributed by atoms with Crippen molar-refractivity contribution in [2.75, 3.05) is 0 Å². The predicted octanol–water partition coefficient (Wildman–Crippen LogP) is 5.52. The highest BCUT2D eigenvalue weighted by Crippen LogP contribution is 2.36. The number of aryl methyl sites for hydroxylation is 4. The lowest BCUT2D eigenvalue weighted by atomic mass is 10.0. The largest absolute Gasteiger partial charge is 0.504 e. The number of rotatable bonds is 3. The standard InChI is InChI=1S/C25H23N3O2/c1-14-8-10-18(16(3)12-14)23-26-24(19-11-9-15(2)13-17(19)4)28-25(27-23)20-6-5-7-21(29)22(20)30/h5-13,29-30H,1-4H3. The second kappa shape index (κ2) is 7.59. The summed E-state index contributed by atoms with van der Waals surface area (Å²) in [5.41, 5.74) is 6.58. The number of para-hydroxylation sites is 1. The molecule has 0 saturated heterocycles. The summed E-state index contributed by atoms with van der Waals surface area (Å²) in [6.45, 7) is 8.13. The molecule has 0 aliphatic rings. The molecule has 3 aromatic carbocycles. The van der Waals surface area contributed by atoms with Crippen molar-refractivity contribution in [3.63, 3.8) is 0 Å². The highest BCUT2D eigenvalue weighted by molar-refractivity contribution is 5.73. The summed E-state index contributed by atoms with van der Waals surface area (Å²) < 4.78 is 0. The van der Waals surface area contributed by atoms with Gasteiger partial charge in [0.25, 0.3) is 0 Å². The minimum absolute atomic E-state index is 0.214. The van der Waals surface area contributed by atoms with Gasteiger partial charge in [0.15, 0.2) is 29.0 Å². The van der Waals surface area contributed by atoms with Crippen LogP contribution in [0.25, 0.3) is 34.2 Å². The first-order valence-corrected chi connectivity index (χ1v) is 9.76. The minimum atomic E-state index is -0.248. The fourth-order valence-corrected chi connectivity index (χ4v) is 3.58. The number of hydrogen-bond acceptors (Lipinski definition) is 5. The number of hydrogen-bond donors (Lipinski definition) is 2. The Labute approximate surface area is 175 Å².